The van der Waals surface area contributed by atoms with Gasteiger partial charge in [0.15, 0.2) is 0 Å². The zero-order chi connectivity index (χ0) is 13.3. The normalized spacial score (nSPS) is 19.1. The number of benzene rings is 1. The Kier molecular flexibility index (Phi) is 3.52. The largest absolute Gasteiger partial charge is 0.416 e. The summed E-state index contributed by atoms with van der Waals surface area (Å²) in [6.45, 7) is 0. The van der Waals surface area contributed by atoms with E-state index in [-0.39, 0.29) is 17.2 Å². The molecular weight excluding hydrogens is 243 g/mol. The first-order valence-corrected chi connectivity index (χ1v) is 6.04. The van der Waals surface area contributed by atoms with Gasteiger partial charge in [0.1, 0.15) is 0 Å². The van der Waals surface area contributed by atoms with Gasteiger partial charge in [-0.05, 0) is 37.0 Å². The lowest BCUT2D eigenvalue weighted by atomic mass is 9.92. The summed E-state index contributed by atoms with van der Waals surface area (Å²) in [6, 6.07) is 3.13. The van der Waals surface area contributed by atoms with Gasteiger partial charge in [-0.1, -0.05) is 12.8 Å². The van der Waals surface area contributed by atoms with Crippen molar-refractivity contribution in [1.29, 1.82) is 0 Å². The van der Waals surface area contributed by atoms with Crippen LogP contribution in [0.25, 0.3) is 0 Å². The molecule has 2 rings (SSSR count). The van der Waals surface area contributed by atoms with Crippen LogP contribution in [0.15, 0.2) is 18.2 Å². The number of nitrogens with two attached hydrogens (primary N) is 1. The van der Waals surface area contributed by atoms with E-state index in [1.165, 1.54) is 6.07 Å². The maximum Gasteiger partial charge on any atom is 0.416 e. The second-order valence-electron chi connectivity index (χ2n) is 4.83. The van der Waals surface area contributed by atoms with Crippen LogP contribution in [0.5, 0.6) is 0 Å². The lowest BCUT2D eigenvalue weighted by Crippen LogP contribution is -2.13. The van der Waals surface area contributed by atoms with E-state index in [1.54, 1.807) is 0 Å². The van der Waals surface area contributed by atoms with Crippen LogP contribution in [-0.4, -0.2) is 5.11 Å². The highest BCUT2D eigenvalue weighted by Crippen LogP contribution is 2.39. The fourth-order valence-electron chi connectivity index (χ4n) is 2.53. The molecule has 1 aromatic carbocycles. The number of hydrogen-bond acceptors (Lipinski definition) is 2. The minimum Gasteiger partial charge on any atom is -0.398 e. The standard InChI is InChI=1S/C13H16F3NO/c14-13(15,16)9-5-6-11(17)10(7-9)12(18)8-3-1-2-4-8/h5-8,12,18H,1-4,17H2. The Morgan fingerprint density at radius 3 is 2.39 bits per heavy atom. The summed E-state index contributed by atoms with van der Waals surface area (Å²) in [5, 5.41) is 10.1. The Morgan fingerprint density at radius 1 is 1.22 bits per heavy atom. The summed E-state index contributed by atoms with van der Waals surface area (Å²) in [7, 11) is 0. The topological polar surface area (TPSA) is 46.2 Å². The third-order valence-corrected chi connectivity index (χ3v) is 3.58. The Morgan fingerprint density at radius 2 is 1.83 bits per heavy atom. The number of aliphatic hydroxyl groups excluding tert-OH is 1. The van der Waals surface area contributed by atoms with Gasteiger partial charge in [-0.25, -0.2) is 0 Å². The second kappa shape index (κ2) is 4.80. The molecule has 3 N–H and O–H groups in total. The molecule has 2 nitrogen and oxygen atoms in total. The minimum atomic E-state index is -4.40. The number of hydrogen-bond donors (Lipinski definition) is 2. The van der Waals surface area contributed by atoms with Crippen LogP contribution < -0.4 is 5.73 Å². The molecule has 0 heterocycles. The van der Waals surface area contributed by atoms with Crippen LogP contribution in [0.3, 0.4) is 0 Å². The summed E-state index contributed by atoms with van der Waals surface area (Å²) in [4.78, 5) is 0. The molecule has 0 radical (unpaired) electrons. The van der Waals surface area contributed by atoms with Crippen molar-refractivity contribution in [1.82, 2.24) is 0 Å². The van der Waals surface area contributed by atoms with Gasteiger partial charge < -0.3 is 10.8 Å². The Labute approximate surface area is 104 Å². The zero-order valence-corrected chi connectivity index (χ0v) is 9.87. The van der Waals surface area contributed by atoms with E-state index in [9.17, 15) is 18.3 Å². The summed E-state index contributed by atoms with van der Waals surface area (Å²) in [5.41, 5.74) is 5.34. The van der Waals surface area contributed by atoms with Gasteiger partial charge in [-0.3, -0.25) is 0 Å². The van der Waals surface area contributed by atoms with Crippen LogP contribution in [-0.2, 0) is 6.18 Å². The lowest BCUT2D eigenvalue weighted by molar-refractivity contribution is -0.137. The molecule has 18 heavy (non-hydrogen) atoms. The second-order valence-corrected chi connectivity index (χ2v) is 4.83. The summed E-state index contributed by atoms with van der Waals surface area (Å²) >= 11 is 0. The third-order valence-electron chi connectivity index (χ3n) is 3.58. The van der Waals surface area contributed by atoms with Crippen molar-refractivity contribution in [3.05, 3.63) is 29.3 Å². The Balaban J connectivity index is 2.31. The van der Waals surface area contributed by atoms with Crippen LogP contribution >= 0.6 is 0 Å². The van der Waals surface area contributed by atoms with E-state index < -0.39 is 17.8 Å². The van der Waals surface area contributed by atoms with Gasteiger partial charge in [0.2, 0.25) is 0 Å². The molecule has 0 aromatic heterocycles. The van der Waals surface area contributed by atoms with Crippen molar-refractivity contribution in [2.75, 3.05) is 5.73 Å². The monoisotopic (exact) mass is 259 g/mol. The van der Waals surface area contributed by atoms with E-state index in [1.807, 2.05) is 0 Å². The van der Waals surface area contributed by atoms with E-state index in [2.05, 4.69) is 0 Å². The van der Waals surface area contributed by atoms with E-state index in [0.717, 1.165) is 37.8 Å². The molecule has 0 bridgehead atoms. The smallest absolute Gasteiger partial charge is 0.398 e. The molecule has 1 aliphatic rings. The molecule has 0 amide bonds. The first-order chi connectivity index (χ1) is 8.39. The number of nitrogen functional groups attached to an aromatic ring is 1. The summed E-state index contributed by atoms with van der Waals surface area (Å²) in [6.07, 6.45) is -1.58. The van der Waals surface area contributed by atoms with Crippen molar-refractivity contribution in [3.8, 4) is 0 Å². The van der Waals surface area contributed by atoms with Crippen molar-refractivity contribution >= 4 is 5.69 Å². The molecule has 0 saturated heterocycles. The molecule has 5 heteroatoms. The van der Waals surface area contributed by atoms with Gasteiger partial charge >= 0.3 is 6.18 Å². The zero-order valence-electron chi connectivity index (χ0n) is 9.87. The predicted molar refractivity (Wildman–Crippen MR) is 62.8 cm³/mol. The number of anilines is 1. The highest BCUT2D eigenvalue weighted by molar-refractivity contribution is 5.50. The van der Waals surface area contributed by atoms with Crippen LogP contribution in [0.1, 0.15) is 42.9 Å². The van der Waals surface area contributed by atoms with E-state index >= 15 is 0 Å². The van der Waals surface area contributed by atoms with E-state index in [4.69, 9.17) is 5.73 Å². The van der Waals surface area contributed by atoms with Gasteiger partial charge in [-0.2, -0.15) is 13.2 Å². The molecule has 0 aliphatic heterocycles. The Bertz CT molecular complexity index is 425. The molecule has 1 unspecified atom stereocenters. The van der Waals surface area contributed by atoms with Gasteiger partial charge in [0, 0.05) is 11.3 Å². The van der Waals surface area contributed by atoms with Crippen molar-refractivity contribution in [2.24, 2.45) is 5.92 Å². The van der Waals surface area contributed by atoms with Gasteiger partial charge in [-0.15, -0.1) is 0 Å². The third kappa shape index (κ3) is 2.61. The first kappa shape index (κ1) is 13.2. The van der Waals surface area contributed by atoms with Crippen molar-refractivity contribution < 1.29 is 18.3 Å². The molecule has 1 fully saturated rings. The summed E-state index contributed by atoms with van der Waals surface area (Å²) in [5.74, 6) is 0.0239. The molecule has 1 aromatic rings. The predicted octanol–water partition coefficient (Wildman–Crippen LogP) is 3.51. The maximum absolute atomic E-state index is 12.6. The number of rotatable bonds is 2. The molecule has 1 saturated carbocycles. The fourth-order valence-corrected chi connectivity index (χ4v) is 2.53. The molecular formula is C13H16F3NO. The van der Waals surface area contributed by atoms with Gasteiger partial charge in [0.25, 0.3) is 0 Å². The van der Waals surface area contributed by atoms with Crippen molar-refractivity contribution in [2.45, 2.75) is 38.0 Å². The van der Waals surface area contributed by atoms with Gasteiger partial charge in [0.05, 0.1) is 11.7 Å². The average molecular weight is 259 g/mol. The minimum absolute atomic E-state index is 0.0239. The SMILES string of the molecule is Nc1ccc(C(F)(F)F)cc1C(O)C1CCCC1. The molecule has 1 atom stereocenters. The van der Waals surface area contributed by atoms with Crippen LogP contribution in [0, 0.1) is 5.92 Å². The fraction of sp³-hybridized carbons (Fsp3) is 0.538. The molecule has 1 aliphatic carbocycles. The van der Waals surface area contributed by atoms with E-state index in [0.29, 0.717) is 0 Å². The molecule has 0 spiro atoms. The molecule has 100 valence electrons. The quantitative estimate of drug-likeness (QED) is 0.798. The maximum atomic E-state index is 12.6. The van der Waals surface area contributed by atoms with Crippen LogP contribution in [0.2, 0.25) is 0 Å². The lowest BCUT2D eigenvalue weighted by Gasteiger charge is -2.21. The van der Waals surface area contributed by atoms with Crippen LogP contribution in [0.4, 0.5) is 18.9 Å². The summed E-state index contributed by atoms with van der Waals surface area (Å²) < 4.78 is 37.9. The number of alkyl halides is 3. The Hall–Kier alpha value is -1.23. The highest BCUT2D eigenvalue weighted by Gasteiger charge is 2.33. The van der Waals surface area contributed by atoms with Crippen molar-refractivity contribution in [3.63, 3.8) is 0 Å². The number of halogens is 3. The average Bonchev–Trinajstić information content (AvgIpc) is 2.80. The first-order valence-electron chi connectivity index (χ1n) is 6.04. The number of aliphatic hydroxyl groups is 1. The highest BCUT2D eigenvalue weighted by atomic mass is 19.4.